The summed E-state index contributed by atoms with van der Waals surface area (Å²) >= 11 is 0. The molecule has 3 rings (SSSR count). The SMILES string of the molecule is COc1ccc(NC2CCC(C)CC2n2cncn2)cc1. The maximum atomic E-state index is 5.20. The molecule has 3 unspecified atom stereocenters. The smallest absolute Gasteiger partial charge is 0.137 e. The van der Waals surface area contributed by atoms with Crippen LogP contribution in [0.15, 0.2) is 36.9 Å². The summed E-state index contributed by atoms with van der Waals surface area (Å²) in [6.07, 6.45) is 6.98. The van der Waals surface area contributed by atoms with Gasteiger partial charge in [-0.15, -0.1) is 0 Å². The molecule has 112 valence electrons. The van der Waals surface area contributed by atoms with Crippen LogP contribution in [0.4, 0.5) is 5.69 Å². The molecule has 1 aromatic heterocycles. The summed E-state index contributed by atoms with van der Waals surface area (Å²) in [7, 11) is 1.69. The third kappa shape index (κ3) is 3.17. The molecule has 1 N–H and O–H groups in total. The molecule has 21 heavy (non-hydrogen) atoms. The van der Waals surface area contributed by atoms with E-state index >= 15 is 0 Å². The van der Waals surface area contributed by atoms with E-state index < -0.39 is 0 Å². The van der Waals surface area contributed by atoms with Crippen LogP contribution in [-0.2, 0) is 0 Å². The molecule has 1 aromatic carbocycles. The molecule has 5 heteroatoms. The molecule has 1 saturated carbocycles. The van der Waals surface area contributed by atoms with Crippen LogP contribution in [0.25, 0.3) is 0 Å². The fourth-order valence-electron chi connectivity index (χ4n) is 3.10. The normalized spacial score (nSPS) is 25.5. The molecular formula is C16H22N4O. The zero-order chi connectivity index (χ0) is 14.7. The van der Waals surface area contributed by atoms with Crippen molar-refractivity contribution in [1.82, 2.24) is 14.8 Å². The summed E-state index contributed by atoms with van der Waals surface area (Å²) in [5.41, 5.74) is 1.13. The number of aromatic nitrogens is 3. The Labute approximate surface area is 125 Å². The van der Waals surface area contributed by atoms with Gasteiger partial charge in [0.15, 0.2) is 0 Å². The summed E-state index contributed by atoms with van der Waals surface area (Å²) in [6, 6.07) is 8.84. The fraction of sp³-hybridized carbons (Fsp3) is 0.500. The molecule has 3 atom stereocenters. The zero-order valence-electron chi connectivity index (χ0n) is 12.6. The second-order valence-electron chi connectivity index (χ2n) is 5.84. The van der Waals surface area contributed by atoms with Crippen LogP contribution in [0.1, 0.15) is 32.2 Å². The van der Waals surface area contributed by atoms with Gasteiger partial charge in [-0.05, 0) is 49.4 Å². The standard InChI is InChI=1S/C16H22N4O/c1-12-3-8-15(16(9-12)20-11-17-10-18-20)19-13-4-6-14(21-2)7-5-13/h4-7,10-12,15-16,19H,3,8-9H2,1-2H3. The molecule has 2 aromatic rings. The second kappa shape index (κ2) is 6.16. The van der Waals surface area contributed by atoms with Crippen molar-refractivity contribution in [2.75, 3.05) is 12.4 Å². The van der Waals surface area contributed by atoms with Crippen LogP contribution in [0.5, 0.6) is 5.75 Å². The predicted molar refractivity (Wildman–Crippen MR) is 82.5 cm³/mol. The Kier molecular flexibility index (Phi) is 4.08. The van der Waals surface area contributed by atoms with E-state index in [0.717, 1.165) is 30.2 Å². The highest BCUT2D eigenvalue weighted by Gasteiger charge is 2.30. The Balaban J connectivity index is 1.75. The monoisotopic (exact) mass is 286 g/mol. The lowest BCUT2D eigenvalue weighted by atomic mass is 9.83. The Morgan fingerprint density at radius 3 is 2.71 bits per heavy atom. The summed E-state index contributed by atoms with van der Waals surface area (Å²) in [5.74, 6) is 1.61. The summed E-state index contributed by atoms with van der Waals surface area (Å²) in [6.45, 7) is 2.31. The Bertz CT molecular complexity index is 552. The largest absolute Gasteiger partial charge is 0.497 e. The highest BCUT2D eigenvalue weighted by molar-refractivity contribution is 5.47. The Hall–Kier alpha value is -2.04. The molecule has 0 aliphatic heterocycles. The topological polar surface area (TPSA) is 52.0 Å². The highest BCUT2D eigenvalue weighted by Crippen LogP contribution is 2.34. The van der Waals surface area contributed by atoms with Crippen molar-refractivity contribution in [3.05, 3.63) is 36.9 Å². The van der Waals surface area contributed by atoms with Crippen LogP contribution in [0.3, 0.4) is 0 Å². The van der Waals surface area contributed by atoms with E-state index in [4.69, 9.17) is 4.74 Å². The first-order valence-corrected chi connectivity index (χ1v) is 7.51. The van der Waals surface area contributed by atoms with Gasteiger partial charge < -0.3 is 10.1 Å². The van der Waals surface area contributed by atoms with E-state index in [0.29, 0.717) is 12.1 Å². The third-order valence-electron chi connectivity index (χ3n) is 4.30. The van der Waals surface area contributed by atoms with Crippen molar-refractivity contribution < 1.29 is 4.74 Å². The van der Waals surface area contributed by atoms with Crippen molar-refractivity contribution in [1.29, 1.82) is 0 Å². The number of methoxy groups -OCH3 is 1. The van der Waals surface area contributed by atoms with E-state index in [1.165, 1.54) is 6.42 Å². The van der Waals surface area contributed by atoms with Crippen molar-refractivity contribution in [3.8, 4) is 5.75 Å². The van der Waals surface area contributed by atoms with Gasteiger partial charge in [-0.1, -0.05) is 6.92 Å². The Morgan fingerprint density at radius 1 is 1.24 bits per heavy atom. The number of hydrogen-bond acceptors (Lipinski definition) is 4. The molecule has 0 amide bonds. The first kappa shape index (κ1) is 13.9. The molecule has 1 aliphatic carbocycles. The van der Waals surface area contributed by atoms with E-state index in [-0.39, 0.29) is 0 Å². The molecule has 0 bridgehead atoms. The summed E-state index contributed by atoms with van der Waals surface area (Å²) < 4.78 is 7.20. The summed E-state index contributed by atoms with van der Waals surface area (Å²) in [4.78, 5) is 4.09. The van der Waals surface area contributed by atoms with Gasteiger partial charge in [0.05, 0.1) is 13.2 Å². The van der Waals surface area contributed by atoms with E-state index in [1.807, 2.05) is 23.1 Å². The van der Waals surface area contributed by atoms with Crippen LogP contribution in [0, 0.1) is 5.92 Å². The number of ether oxygens (including phenoxy) is 1. The average molecular weight is 286 g/mol. The minimum absolute atomic E-state index is 0.360. The van der Waals surface area contributed by atoms with E-state index in [2.05, 4.69) is 34.5 Å². The minimum atomic E-state index is 0.360. The average Bonchev–Trinajstić information content (AvgIpc) is 3.04. The lowest BCUT2D eigenvalue weighted by Crippen LogP contribution is -2.36. The van der Waals surface area contributed by atoms with Crippen LogP contribution < -0.4 is 10.1 Å². The molecular weight excluding hydrogens is 264 g/mol. The van der Waals surface area contributed by atoms with Gasteiger partial charge in [0, 0.05) is 11.7 Å². The van der Waals surface area contributed by atoms with E-state index in [9.17, 15) is 0 Å². The fourth-order valence-corrected chi connectivity index (χ4v) is 3.10. The van der Waals surface area contributed by atoms with Gasteiger partial charge in [0.2, 0.25) is 0 Å². The van der Waals surface area contributed by atoms with Crippen LogP contribution >= 0.6 is 0 Å². The quantitative estimate of drug-likeness (QED) is 0.938. The number of nitrogens with one attached hydrogen (secondary N) is 1. The minimum Gasteiger partial charge on any atom is -0.497 e. The van der Waals surface area contributed by atoms with Gasteiger partial charge >= 0.3 is 0 Å². The highest BCUT2D eigenvalue weighted by atomic mass is 16.5. The first-order valence-electron chi connectivity index (χ1n) is 7.51. The zero-order valence-corrected chi connectivity index (χ0v) is 12.6. The predicted octanol–water partition coefficient (Wildman–Crippen LogP) is 3.13. The van der Waals surface area contributed by atoms with Crippen molar-refractivity contribution >= 4 is 5.69 Å². The second-order valence-corrected chi connectivity index (χ2v) is 5.84. The number of nitrogens with zero attached hydrogens (tertiary/aromatic N) is 3. The van der Waals surface area contributed by atoms with Crippen molar-refractivity contribution in [2.24, 2.45) is 5.92 Å². The molecule has 1 heterocycles. The molecule has 0 saturated heterocycles. The molecule has 1 fully saturated rings. The number of anilines is 1. The maximum absolute atomic E-state index is 5.20. The number of benzene rings is 1. The lowest BCUT2D eigenvalue weighted by Gasteiger charge is -2.35. The van der Waals surface area contributed by atoms with Gasteiger partial charge in [-0.2, -0.15) is 5.10 Å². The van der Waals surface area contributed by atoms with Gasteiger partial charge in [0.1, 0.15) is 18.4 Å². The molecule has 5 nitrogen and oxygen atoms in total. The van der Waals surface area contributed by atoms with E-state index in [1.54, 1.807) is 13.4 Å². The van der Waals surface area contributed by atoms with Crippen molar-refractivity contribution in [2.45, 2.75) is 38.3 Å². The van der Waals surface area contributed by atoms with Crippen LogP contribution in [0.2, 0.25) is 0 Å². The number of rotatable bonds is 4. The molecule has 1 aliphatic rings. The summed E-state index contributed by atoms with van der Waals surface area (Å²) in [5, 5.41) is 7.99. The molecule has 0 spiro atoms. The van der Waals surface area contributed by atoms with Crippen molar-refractivity contribution in [3.63, 3.8) is 0 Å². The molecule has 0 radical (unpaired) electrons. The van der Waals surface area contributed by atoms with Gasteiger partial charge in [0.25, 0.3) is 0 Å². The first-order chi connectivity index (χ1) is 10.3. The third-order valence-corrected chi connectivity index (χ3v) is 4.30. The Morgan fingerprint density at radius 2 is 2.05 bits per heavy atom. The lowest BCUT2D eigenvalue weighted by molar-refractivity contribution is 0.244. The van der Waals surface area contributed by atoms with Gasteiger partial charge in [-0.3, -0.25) is 0 Å². The number of hydrogen-bond donors (Lipinski definition) is 1. The maximum Gasteiger partial charge on any atom is 0.137 e. The van der Waals surface area contributed by atoms with Crippen LogP contribution in [-0.4, -0.2) is 27.9 Å². The van der Waals surface area contributed by atoms with Gasteiger partial charge in [-0.25, -0.2) is 9.67 Å².